The lowest BCUT2D eigenvalue weighted by Gasteiger charge is -2.64. The van der Waals surface area contributed by atoms with Crippen LogP contribution in [-0.4, -0.2) is 64.4 Å². The molecule has 0 spiro atoms. The van der Waals surface area contributed by atoms with Gasteiger partial charge in [0.25, 0.3) is 0 Å². The van der Waals surface area contributed by atoms with E-state index in [0.717, 1.165) is 38.5 Å². The van der Waals surface area contributed by atoms with Gasteiger partial charge in [0.05, 0.1) is 6.61 Å². The summed E-state index contributed by atoms with van der Waals surface area (Å²) in [7, 11) is 0. The van der Waals surface area contributed by atoms with Crippen LogP contribution in [0.5, 0.6) is 0 Å². The number of esters is 1. The first kappa shape index (κ1) is 32.8. The highest BCUT2D eigenvalue weighted by Gasteiger charge is 2.74. The van der Waals surface area contributed by atoms with Crippen LogP contribution in [0.25, 0.3) is 0 Å². The number of carbonyl (C=O) groups is 4. The number of nitrogens with one attached hydrogen (secondary N) is 1. The predicted molar refractivity (Wildman–Crippen MR) is 158 cm³/mol. The topological polar surface area (TPSA) is 119 Å². The fraction of sp³-hybridized carbons (Fsp3) is 0.771. The van der Waals surface area contributed by atoms with Gasteiger partial charge in [0.2, 0.25) is 0 Å². The van der Waals surface area contributed by atoms with E-state index in [1.54, 1.807) is 13.0 Å². The molecule has 47 heavy (non-hydrogen) atoms. The Bertz CT molecular complexity index is 1440. The minimum Gasteiger partial charge on any atom is -0.452 e. The third-order valence-corrected chi connectivity index (χ3v) is 13.7. The molecule has 0 heterocycles. The Labute approximate surface area is 271 Å². The summed E-state index contributed by atoms with van der Waals surface area (Å²) in [5, 5.41) is 13.9. The van der Waals surface area contributed by atoms with Crippen molar-refractivity contribution in [3.05, 3.63) is 23.8 Å². The highest BCUT2D eigenvalue weighted by molar-refractivity contribution is 5.96. The smallest absolute Gasteiger partial charge is 0.452 e. The Hall–Kier alpha value is -2.76. The number of ketones is 2. The maximum Gasteiger partial charge on any atom is 0.490 e. The lowest BCUT2D eigenvalue weighted by Crippen LogP contribution is -2.73. The van der Waals surface area contributed by atoms with Crippen LogP contribution < -0.4 is 5.32 Å². The number of hydrogen-bond donors (Lipinski definition) is 2. The Morgan fingerprint density at radius 2 is 1.62 bits per heavy atom. The van der Waals surface area contributed by atoms with Gasteiger partial charge in [-0.2, -0.15) is 13.2 Å². The quantitative estimate of drug-likeness (QED) is 0.224. The number of amides is 1. The van der Waals surface area contributed by atoms with Gasteiger partial charge in [0.1, 0.15) is 6.10 Å². The molecule has 1 amide bonds. The zero-order valence-corrected chi connectivity index (χ0v) is 27.0. The minimum absolute atomic E-state index is 0.00234. The van der Waals surface area contributed by atoms with Gasteiger partial charge < -0.3 is 19.9 Å². The molecular weight excluding hydrogens is 622 g/mol. The molecule has 0 aromatic heterocycles. The predicted octanol–water partition coefficient (Wildman–Crippen LogP) is 5.71. The number of alkyl halides is 4. The third-order valence-electron chi connectivity index (χ3n) is 13.7. The van der Waals surface area contributed by atoms with Crippen LogP contribution in [0.1, 0.15) is 85.0 Å². The largest absolute Gasteiger partial charge is 0.490 e. The van der Waals surface area contributed by atoms with E-state index in [1.165, 1.54) is 26.0 Å². The van der Waals surface area contributed by atoms with Gasteiger partial charge in [-0.05, 0) is 88.0 Å². The van der Waals surface area contributed by atoms with E-state index in [2.05, 4.69) is 5.32 Å². The molecular formula is C35H43F4NO7. The van der Waals surface area contributed by atoms with Gasteiger partial charge in [0, 0.05) is 41.0 Å². The van der Waals surface area contributed by atoms with Crippen molar-refractivity contribution in [1.82, 2.24) is 5.32 Å². The molecule has 0 aromatic carbocycles. The van der Waals surface area contributed by atoms with Crippen molar-refractivity contribution in [2.24, 2.45) is 46.3 Å². The summed E-state index contributed by atoms with van der Waals surface area (Å²) in [5.41, 5.74) is -7.87. The second kappa shape index (κ2) is 10.4. The van der Waals surface area contributed by atoms with E-state index in [9.17, 15) is 37.5 Å². The molecule has 2 unspecified atom stereocenters. The summed E-state index contributed by atoms with van der Waals surface area (Å²) < 4.78 is 69.8. The fourth-order valence-corrected chi connectivity index (χ4v) is 11.8. The Kier molecular flexibility index (Phi) is 7.23. The number of Topliss-reactive ketones (excluding diaryl/α,β-unsaturated/α-hetero) is 1. The maximum atomic E-state index is 18.1. The third kappa shape index (κ3) is 4.61. The number of fused-ring (bicyclic) bond motifs is 5. The van der Waals surface area contributed by atoms with Crippen LogP contribution in [0.2, 0.25) is 0 Å². The number of alkyl carbamates (subject to hydrolysis) is 1. The summed E-state index contributed by atoms with van der Waals surface area (Å²) in [6.45, 7) is 3.78. The standard InChI is InChI=1S/C35H43F4NO7/c1-18-8-25-24-5-4-22-12-23(42)6-7-31(22,3)34(24,36)26(46-28(44)35(37,38)39)16-30(25,2)27(43)33(18,17-41)47-29(45)40-32-13-19-9-20(14-32)11-21(10-19)15-32/h4,6-7,18-21,24-26,41H,5,8-17H2,1-3H3,(H,40,45)/t18-,19?,20?,21?,24?,25?,26-,30-,31-,32?,33+,34-/m0/s1. The van der Waals surface area contributed by atoms with Gasteiger partial charge >= 0.3 is 18.2 Å². The number of aliphatic hydroxyl groups excluding tert-OH is 1. The molecule has 8 rings (SSSR count). The number of ether oxygens (including phenoxy) is 2. The van der Waals surface area contributed by atoms with E-state index in [0.29, 0.717) is 23.3 Å². The summed E-state index contributed by atoms with van der Waals surface area (Å²) in [5.74, 6) is -4.62. The molecule has 258 valence electrons. The van der Waals surface area contributed by atoms with Crippen molar-refractivity contribution >= 4 is 23.6 Å². The fourth-order valence-electron chi connectivity index (χ4n) is 11.8. The van der Waals surface area contributed by atoms with Crippen LogP contribution in [0.3, 0.4) is 0 Å². The van der Waals surface area contributed by atoms with Crippen LogP contribution in [-0.2, 0) is 23.9 Å². The summed E-state index contributed by atoms with van der Waals surface area (Å²) in [6.07, 6.45) is 1.28. The van der Waals surface area contributed by atoms with Crippen LogP contribution >= 0.6 is 0 Å². The van der Waals surface area contributed by atoms with Crippen LogP contribution in [0.4, 0.5) is 22.4 Å². The van der Waals surface area contributed by atoms with E-state index < -0.39 is 88.5 Å². The van der Waals surface area contributed by atoms with E-state index >= 15 is 4.39 Å². The number of hydrogen-bond acceptors (Lipinski definition) is 7. The Balaban J connectivity index is 1.23. The van der Waals surface area contributed by atoms with Crippen molar-refractivity contribution in [3.8, 4) is 0 Å². The molecule has 0 aliphatic heterocycles. The number of aliphatic hydroxyl groups is 1. The molecule has 8 atom stereocenters. The molecule has 6 fully saturated rings. The number of rotatable bonds is 4. The normalized spacial score (nSPS) is 48.2. The Morgan fingerprint density at radius 3 is 2.19 bits per heavy atom. The number of allylic oxidation sites excluding steroid dienone is 4. The molecule has 8 aliphatic carbocycles. The van der Waals surface area contributed by atoms with Gasteiger partial charge in [-0.15, -0.1) is 0 Å². The van der Waals surface area contributed by atoms with Crippen LogP contribution in [0, 0.1) is 46.3 Å². The van der Waals surface area contributed by atoms with E-state index in [4.69, 9.17) is 9.47 Å². The monoisotopic (exact) mass is 665 g/mol. The van der Waals surface area contributed by atoms with Crippen molar-refractivity contribution in [1.29, 1.82) is 0 Å². The lowest BCUT2D eigenvalue weighted by molar-refractivity contribution is -0.247. The Morgan fingerprint density at radius 1 is 1.00 bits per heavy atom. The first-order valence-corrected chi connectivity index (χ1v) is 16.9. The highest BCUT2D eigenvalue weighted by atomic mass is 19.4. The SMILES string of the molecule is C[C@H]1CC2C3CC=C4CC(=O)C=C[C@]4(C)[C@@]3(F)[C@@H](OC(=O)C(F)(F)F)C[C@]2(C)C(=O)[C@]1(CO)OC(=O)NC12CC3CC(CC(C3)C1)C2. The molecule has 8 aliphatic rings. The molecule has 0 aromatic rings. The molecule has 4 bridgehead atoms. The zero-order chi connectivity index (χ0) is 33.9. The van der Waals surface area contributed by atoms with Crippen molar-refractivity contribution in [2.45, 2.75) is 114 Å². The van der Waals surface area contributed by atoms with Gasteiger partial charge in [-0.1, -0.05) is 31.6 Å². The van der Waals surface area contributed by atoms with Crippen molar-refractivity contribution in [3.63, 3.8) is 0 Å². The maximum absolute atomic E-state index is 18.1. The van der Waals surface area contributed by atoms with Gasteiger partial charge in [-0.25, -0.2) is 14.0 Å². The molecule has 0 radical (unpaired) electrons. The van der Waals surface area contributed by atoms with E-state index in [1.807, 2.05) is 0 Å². The molecule has 0 saturated heterocycles. The first-order valence-electron chi connectivity index (χ1n) is 16.9. The highest BCUT2D eigenvalue weighted by Crippen LogP contribution is 2.68. The summed E-state index contributed by atoms with van der Waals surface area (Å²) in [6, 6.07) is 0. The molecule has 8 nitrogen and oxygen atoms in total. The number of carbonyl (C=O) groups excluding carboxylic acids is 4. The second-order valence-electron chi connectivity index (χ2n) is 16.4. The van der Waals surface area contributed by atoms with Crippen molar-refractivity contribution in [2.75, 3.05) is 6.61 Å². The first-order chi connectivity index (χ1) is 21.9. The molecule has 6 saturated carbocycles. The lowest BCUT2D eigenvalue weighted by atomic mass is 9.41. The van der Waals surface area contributed by atoms with Crippen LogP contribution in [0.15, 0.2) is 23.8 Å². The van der Waals surface area contributed by atoms with Gasteiger partial charge in [-0.3, -0.25) is 9.59 Å². The second-order valence-corrected chi connectivity index (χ2v) is 16.4. The minimum atomic E-state index is -5.42. The molecule has 2 N–H and O–H groups in total. The van der Waals surface area contributed by atoms with Crippen molar-refractivity contribution < 1.29 is 51.3 Å². The molecule has 12 heteroatoms. The average Bonchev–Trinajstić information content (AvgIpc) is 2.96. The summed E-state index contributed by atoms with van der Waals surface area (Å²) in [4.78, 5) is 52.9. The van der Waals surface area contributed by atoms with Gasteiger partial charge in [0.15, 0.2) is 22.8 Å². The average molecular weight is 666 g/mol. The zero-order valence-electron chi connectivity index (χ0n) is 27.0. The summed E-state index contributed by atoms with van der Waals surface area (Å²) >= 11 is 0. The van der Waals surface area contributed by atoms with E-state index in [-0.39, 0.29) is 25.0 Å². The number of halogens is 4.